The largest absolute Gasteiger partial charge is 0.494 e. The zero-order valence-electron chi connectivity index (χ0n) is 16.3. The number of aromatic hydroxyl groups is 1. The summed E-state index contributed by atoms with van der Waals surface area (Å²) in [4.78, 5) is 15.9. The summed E-state index contributed by atoms with van der Waals surface area (Å²) in [6, 6.07) is 13.7. The first-order valence-electron chi connectivity index (χ1n) is 9.82. The molecular weight excluding hydrogens is 468 g/mol. The van der Waals surface area contributed by atoms with Gasteiger partial charge < -0.3 is 14.9 Å². The molecule has 2 aliphatic rings. The van der Waals surface area contributed by atoms with Crippen LogP contribution in [0.25, 0.3) is 10.9 Å². The van der Waals surface area contributed by atoms with E-state index in [1.165, 1.54) is 12.8 Å². The van der Waals surface area contributed by atoms with Crippen molar-refractivity contribution in [1.82, 2.24) is 9.88 Å². The van der Waals surface area contributed by atoms with Crippen LogP contribution in [0.3, 0.4) is 0 Å². The molecule has 30 heavy (non-hydrogen) atoms. The van der Waals surface area contributed by atoms with Gasteiger partial charge in [-0.15, -0.1) is 12.4 Å². The molecule has 156 valence electrons. The van der Waals surface area contributed by atoms with E-state index in [2.05, 4.69) is 31.0 Å². The number of hydrogen-bond donors (Lipinski definition) is 2. The molecule has 0 saturated carbocycles. The maximum absolute atomic E-state index is 10.7. The molecule has 0 spiro atoms. The fourth-order valence-corrected chi connectivity index (χ4v) is 4.50. The lowest BCUT2D eigenvalue weighted by Crippen LogP contribution is -2.23. The molecule has 3 heterocycles. The standard InChI is InChI=1S/C22H21BrN4O2.ClH/c23-16-8-5-7-15-18(22(28)25-19(15)16)21-20(14-6-1-2-9-17(14)24-21)26-29-13-12-27-10-3-4-11-27;/h1-2,5-9,25,28H,3-4,10-13H2;1H/b26-20+;. The minimum absolute atomic E-state index is 0. The van der Waals surface area contributed by atoms with Crippen LogP contribution in [0.15, 0.2) is 57.1 Å². The Balaban J connectivity index is 0.00000218. The van der Waals surface area contributed by atoms with Gasteiger partial charge in [0.25, 0.3) is 0 Å². The lowest BCUT2D eigenvalue weighted by atomic mass is 10.0. The van der Waals surface area contributed by atoms with Gasteiger partial charge in [-0.2, -0.15) is 0 Å². The van der Waals surface area contributed by atoms with Gasteiger partial charge in [0, 0.05) is 22.0 Å². The number of nitrogens with one attached hydrogen (secondary N) is 1. The summed E-state index contributed by atoms with van der Waals surface area (Å²) in [5, 5.41) is 16.0. The molecule has 6 nitrogen and oxygen atoms in total. The molecule has 2 aliphatic heterocycles. The number of fused-ring (bicyclic) bond motifs is 2. The molecule has 2 N–H and O–H groups in total. The van der Waals surface area contributed by atoms with Crippen molar-refractivity contribution in [2.75, 3.05) is 26.2 Å². The predicted molar refractivity (Wildman–Crippen MR) is 126 cm³/mol. The quantitative estimate of drug-likeness (QED) is 0.391. The van der Waals surface area contributed by atoms with E-state index in [1.807, 2.05) is 42.5 Å². The van der Waals surface area contributed by atoms with Crippen molar-refractivity contribution in [1.29, 1.82) is 0 Å². The van der Waals surface area contributed by atoms with Crippen LogP contribution >= 0.6 is 28.3 Å². The summed E-state index contributed by atoms with van der Waals surface area (Å²) in [7, 11) is 0. The van der Waals surface area contributed by atoms with Gasteiger partial charge in [-0.25, -0.2) is 4.99 Å². The fourth-order valence-electron chi connectivity index (χ4n) is 4.03. The van der Waals surface area contributed by atoms with E-state index in [4.69, 9.17) is 9.83 Å². The number of para-hydroxylation sites is 2. The van der Waals surface area contributed by atoms with Crippen molar-refractivity contribution in [3.8, 4) is 5.88 Å². The van der Waals surface area contributed by atoms with Gasteiger partial charge >= 0.3 is 0 Å². The van der Waals surface area contributed by atoms with Crippen LogP contribution in [0.2, 0.25) is 0 Å². The van der Waals surface area contributed by atoms with Crippen LogP contribution in [0.1, 0.15) is 24.0 Å². The molecular formula is C22H22BrClN4O2. The molecule has 0 bridgehead atoms. The number of nitrogens with zero attached hydrogens (tertiary/aromatic N) is 3. The minimum atomic E-state index is 0. The van der Waals surface area contributed by atoms with E-state index in [1.54, 1.807) is 0 Å². The molecule has 1 aromatic heterocycles. The Morgan fingerprint density at radius 3 is 2.77 bits per heavy atom. The third-order valence-electron chi connectivity index (χ3n) is 5.47. The maximum Gasteiger partial charge on any atom is 0.199 e. The number of hydrogen-bond acceptors (Lipinski definition) is 5. The Labute approximate surface area is 189 Å². The van der Waals surface area contributed by atoms with Gasteiger partial charge in [-0.05, 0) is 54.0 Å². The van der Waals surface area contributed by atoms with Crippen LogP contribution in [0.5, 0.6) is 5.88 Å². The van der Waals surface area contributed by atoms with Crippen LogP contribution in [-0.2, 0) is 4.84 Å². The van der Waals surface area contributed by atoms with Gasteiger partial charge in [0.05, 0.1) is 16.8 Å². The normalized spacial score (nSPS) is 17.2. The van der Waals surface area contributed by atoms with Crippen LogP contribution < -0.4 is 0 Å². The van der Waals surface area contributed by atoms with Gasteiger partial charge in [-0.3, -0.25) is 4.90 Å². The second-order valence-electron chi connectivity index (χ2n) is 7.31. The van der Waals surface area contributed by atoms with E-state index in [-0.39, 0.29) is 18.3 Å². The average molecular weight is 490 g/mol. The van der Waals surface area contributed by atoms with Gasteiger partial charge in [0.2, 0.25) is 0 Å². The molecule has 0 aliphatic carbocycles. The SMILES string of the molecule is Cl.Oc1[nH]c2c(Br)cccc2c1C1=Nc2ccccc2/C1=N\OCCN1CCCC1. The first kappa shape index (κ1) is 20.9. The first-order chi connectivity index (χ1) is 14.2. The number of aromatic nitrogens is 1. The Hall–Kier alpha value is -2.35. The van der Waals surface area contributed by atoms with Gasteiger partial charge in [-0.1, -0.05) is 35.5 Å². The third-order valence-corrected chi connectivity index (χ3v) is 6.13. The smallest absolute Gasteiger partial charge is 0.199 e. The van der Waals surface area contributed by atoms with Crippen LogP contribution in [0, 0.1) is 0 Å². The van der Waals surface area contributed by atoms with Crippen molar-refractivity contribution in [3.05, 3.63) is 58.1 Å². The Morgan fingerprint density at radius 2 is 1.93 bits per heavy atom. The molecule has 5 rings (SSSR count). The zero-order valence-corrected chi connectivity index (χ0v) is 18.7. The summed E-state index contributed by atoms with van der Waals surface area (Å²) < 4.78 is 0.882. The Morgan fingerprint density at radius 1 is 1.13 bits per heavy atom. The number of likely N-dealkylation sites (tertiary alicyclic amines) is 1. The number of aromatic amines is 1. The van der Waals surface area contributed by atoms with Crippen molar-refractivity contribution in [2.24, 2.45) is 10.1 Å². The van der Waals surface area contributed by atoms with E-state index in [0.717, 1.165) is 46.3 Å². The van der Waals surface area contributed by atoms with Crippen LogP contribution in [0.4, 0.5) is 5.69 Å². The lowest BCUT2D eigenvalue weighted by Gasteiger charge is -2.13. The van der Waals surface area contributed by atoms with Crippen molar-refractivity contribution >= 4 is 56.4 Å². The number of rotatable bonds is 5. The highest BCUT2D eigenvalue weighted by atomic mass is 79.9. The molecule has 2 aromatic carbocycles. The summed E-state index contributed by atoms with van der Waals surface area (Å²) >= 11 is 3.54. The van der Waals surface area contributed by atoms with E-state index in [9.17, 15) is 5.11 Å². The topological polar surface area (TPSA) is 73.2 Å². The molecule has 0 atom stereocenters. The summed E-state index contributed by atoms with van der Waals surface area (Å²) in [5.74, 6) is 0.0724. The average Bonchev–Trinajstić information content (AvgIpc) is 3.43. The molecule has 0 radical (unpaired) electrons. The Kier molecular flexibility index (Phi) is 6.13. The minimum Gasteiger partial charge on any atom is -0.494 e. The molecule has 0 amide bonds. The number of H-pyrrole nitrogens is 1. The molecule has 3 aromatic rings. The fraction of sp³-hybridized carbons (Fsp3) is 0.273. The zero-order chi connectivity index (χ0) is 19.8. The maximum atomic E-state index is 10.7. The van der Waals surface area contributed by atoms with E-state index >= 15 is 0 Å². The van der Waals surface area contributed by atoms with Crippen LogP contribution in [-0.4, -0.2) is 52.7 Å². The van der Waals surface area contributed by atoms with Crippen molar-refractivity contribution in [3.63, 3.8) is 0 Å². The lowest BCUT2D eigenvalue weighted by molar-refractivity contribution is 0.119. The number of aliphatic imine (C=N–C) groups is 1. The highest BCUT2D eigenvalue weighted by Crippen LogP contribution is 2.37. The highest BCUT2D eigenvalue weighted by molar-refractivity contribution is 9.10. The van der Waals surface area contributed by atoms with Gasteiger partial charge in [0.1, 0.15) is 18.0 Å². The van der Waals surface area contributed by atoms with Crippen molar-refractivity contribution in [2.45, 2.75) is 12.8 Å². The summed E-state index contributed by atoms with van der Waals surface area (Å²) in [6.45, 7) is 3.67. The molecule has 0 unspecified atom stereocenters. The number of halogens is 2. The third kappa shape index (κ3) is 3.73. The second kappa shape index (κ2) is 8.79. The second-order valence-corrected chi connectivity index (χ2v) is 8.16. The van der Waals surface area contributed by atoms with Crippen molar-refractivity contribution < 1.29 is 9.94 Å². The van der Waals surface area contributed by atoms with E-state index < -0.39 is 0 Å². The molecule has 8 heteroatoms. The van der Waals surface area contributed by atoms with E-state index in [0.29, 0.717) is 23.6 Å². The molecule has 1 saturated heterocycles. The summed E-state index contributed by atoms with van der Waals surface area (Å²) in [5.41, 5.74) is 4.47. The summed E-state index contributed by atoms with van der Waals surface area (Å²) in [6.07, 6.45) is 2.52. The molecule has 1 fully saturated rings. The number of benzene rings is 2. The van der Waals surface area contributed by atoms with Gasteiger partial charge in [0.15, 0.2) is 5.88 Å². The number of oxime groups is 1. The Bertz CT molecular complexity index is 1140. The monoisotopic (exact) mass is 488 g/mol. The highest BCUT2D eigenvalue weighted by Gasteiger charge is 2.29. The first-order valence-corrected chi connectivity index (χ1v) is 10.6. The predicted octanol–water partition coefficient (Wildman–Crippen LogP) is 5.01.